The molecular formula is C35H29N9O3S. The van der Waals surface area contributed by atoms with E-state index in [9.17, 15) is 13.8 Å². The summed E-state index contributed by atoms with van der Waals surface area (Å²) >= 11 is 0. The van der Waals surface area contributed by atoms with Crippen molar-refractivity contribution in [1.82, 2.24) is 34.8 Å². The number of hydrogen-bond donors (Lipinski definition) is 3. The summed E-state index contributed by atoms with van der Waals surface area (Å²) in [6, 6.07) is 18.8. The van der Waals surface area contributed by atoms with E-state index >= 15 is 0 Å². The third kappa shape index (κ3) is 6.88. The molecule has 0 spiro atoms. The second-order valence-corrected chi connectivity index (χ2v) is 13.1. The van der Waals surface area contributed by atoms with Gasteiger partial charge in [-0.1, -0.05) is 36.1 Å². The molecule has 13 heteroatoms. The number of anilines is 2. The summed E-state index contributed by atoms with van der Waals surface area (Å²) in [5, 5.41) is 3.23. The van der Waals surface area contributed by atoms with E-state index in [1.54, 1.807) is 67.8 Å². The molecule has 0 radical (unpaired) electrons. The van der Waals surface area contributed by atoms with Gasteiger partial charge in [-0.3, -0.25) is 24.1 Å². The number of nitrogens with one attached hydrogen (secondary N) is 2. The Morgan fingerprint density at radius 3 is 2.50 bits per heavy atom. The highest BCUT2D eigenvalue weighted by atomic mass is 32.2. The first-order valence-electron chi connectivity index (χ1n) is 14.6. The summed E-state index contributed by atoms with van der Waals surface area (Å²) < 4.78 is 16.4. The van der Waals surface area contributed by atoms with Gasteiger partial charge in [-0.15, -0.1) is 0 Å². The molecule has 6 rings (SSSR count). The fourth-order valence-corrected chi connectivity index (χ4v) is 5.57. The molecule has 6 aromatic rings. The van der Waals surface area contributed by atoms with Crippen LogP contribution in [0.4, 0.5) is 11.5 Å². The van der Waals surface area contributed by atoms with E-state index in [2.05, 4.69) is 47.7 Å². The van der Waals surface area contributed by atoms with Crippen LogP contribution in [0.1, 0.15) is 40.4 Å². The minimum Gasteiger partial charge on any atom is -0.382 e. The summed E-state index contributed by atoms with van der Waals surface area (Å²) in [6.45, 7) is 1.71. The number of hydrogen-bond acceptors (Lipinski definition) is 9. The highest BCUT2D eigenvalue weighted by Gasteiger charge is 2.23. The Hall–Kier alpha value is -6.39. The predicted octanol–water partition coefficient (Wildman–Crippen LogP) is 3.78. The number of rotatable bonds is 7. The molecule has 238 valence electrons. The summed E-state index contributed by atoms with van der Waals surface area (Å²) in [6.07, 6.45) is 9.21. The molecule has 0 saturated carbocycles. The van der Waals surface area contributed by atoms with E-state index in [4.69, 9.17) is 10.7 Å². The van der Waals surface area contributed by atoms with Gasteiger partial charge < -0.3 is 15.8 Å². The molecule has 0 aliphatic carbocycles. The Morgan fingerprint density at radius 2 is 1.75 bits per heavy atom. The van der Waals surface area contributed by atoms with Gasteiger partial charge in [0.05, 0.1) is 46.4 Å². The van der Waals surface area contributed by atoms with Crippen LogP contribution in [-0.2, 0) is 9.71 Å². The van der Waals surface area contributed by atoms with Crippen LogP contribution in [-0.4, -0.2) is 51.7 Å². The van der Waals surface area contributed by atoms with Gasteiger partial charge in [0.2, 0.25) is 0 Å². The molecule has 48 heavy (non-hydrogen) atoms. The van der Waals surface area contributed by atoms with Crippen molar-refractivity contribution < 1.29 is 9.00 Å². The predicted molar refractivity (Wildman–Crippen MR) is 188 cm³/mol. The zero-order chi connectivity index (χ0) is 33.8. The number of benzene rings is 2. The minimum absolute atomic E-state index is 0.0932. The molecule has 4 heterocycles. The summed E-state index contributed by atoms with van der Waals surface area (Å²) in [5.41, 5.74) is 9.17. The van der Waals surface area contributed by atoms with Gasteiger partial charge in [-0.25, -0.2) is 19.2 Å². The van der Waals surface area contributed by atoms with E-state index in [0.717, 1.165) is 5.56 Å². The van der Waals surface area contributed by atoms with Gasteiger partial charge in [0, 0.05) is 51.2 Å². The number of nitrogen functional groups attached to an aromatic ring is 1. The maximum Gasteiger partial charge on any atom is 0.274 e. The average molecular weight is 656 g/mol. The van der Waals surface area contributed by atoms with Crippen molar-refractivity contribution >= 4 is 43.9 Å². The second kappa shape index (κ2) is 13.1. The maximum absolute atomic E-state index is 14.3. The monoisotopic (exact) mass is 655 g/mol. The van der Waals surface area contributed by atoms with Crippen LogP contribution in [0.2, 0.25) is 0 Å². The van der Waals surface area contributed by atoms with Gasteiger partial charge in [0.15, 0.2) is 11.5 Å². The number of amides is 1. The van der Waals surface area contributed by atoms with Crippen molar-refractivity contribution in [3.63, 3.8) is 0 Å². The lowest BCUT2D eigenvalue weighted by atomic mass is 10.1. The molecule has 4 aromatic heterocycles. The number of carbonyl (C=O) groups is 1. The molecule has 2 atom stereocenters. The van der Waals surface area contributed by atoms with Crippen molar-refractivity contribution in [2.24, 2.45) is 0 Å². The molecule has 4 N–H and O–H groups in total. The van der Waals surface area contributed by atoms with Crippen molar-refractivity contribution in [2.45, 2.75) is 13.0 Å². The van der Waals surface area contributed by atoms with E-state index in [-0.39, 0.29) is 22.9 Å². The number of nitrogens with two attached hydrogens (primary N) is 1. The summed E-state index contributed by atoms with van der Waals surface area (Å²) in [7, 11) is -2.55. The summed E-state index contributed by atoms with van der Waals surface area (Å²) in [4.78, 5) is 49.6. The Kier molecular flexibility index (Phi) is 8.65. The Bertz CT molecular complexity index is 2400. The number of aromatic nitrogens is 6. The van der Waals surface area contributed by atoms with E-state index in [1.165, 1.54) is 29.4 Å². The number of nitrogens with zero attached hydrogens (tertiary/aromatic N) is 6. The minimum atomic E-state index is -2.55. The fourth-order valence-electron chi connectivity index (χ4n) is 4.96. The van der Waals surface area contributed by atoms with Crippen molar-refractivity contribution in [3.05, 3.63) is 131 Å². The van der Waals surface area contributed by atoms with Crippen LogP contribution >= 0.6 is 0 Å². The smallest absolute Gasteiger partial charge is 0.274 e. The van der Waals surface area contributed by atoms with Crippen molar-refractivity contribution in [3.8, 4) is 28.8 Å². The standard InChI is InChI=1S/C35H29N9O3S/c1-22(40-34(45)31-32(36)39-21-29(41-31)25-18-26(20-38-19-25)43-48(2,3)47)33-42-28-11-7-8-24(13-12-23-14-16-37-17-15-23)30(28)35(46)44(33)27-9-5-4-6-10-27/h4-11,14-22H,2H2,1,3H3,(H2,36,39)(H,40,45)(H,43,47)/t22-,48?/m1/s1. The first-order chi connectivity index (χ1) is 23.1. The largest absolute Gasteiger partial charge is 0.382 e. The first-order valence-corrected chi connectivity index (χ1v) is 16.7. The van der Waals surface area contributed by atoms with Crippen molar-refractivity contribution in [2.75, 3.05) is 16.7 Å². The number of pyridine rings is 2. The highest BCUT2D eigenvalue weighted by Crippen LogP contribution is 2.23. The highest BCUT2D eigenvalue weighted by molar-refractivity contribution is 8.00. The van der Waals surface area contributed by atoms with Crippen LogP contribution in [0.15, 0.2) is 103 Å². The van der Waals surface area contributed by atoms with Gasteiger partial charge in [0.25, 0.3) is 11.5 Å². The van der Waals surface area contributed by atoms with Crippen LogP contribution in [0.25, 0.3) is 27.8 Å². The molecule has 0 saturated heterocycles. The van der Waals surface area contributed by atoms with E-state index in [0.29, 0.717) is 39.1 Å². The molecule has 2 aromatic carbocycles. The Labute approximate surface area is 276 Å². The third-order valence-electron chi connectivity index (χ3n) is 7.08. The lowest BCUT2D eigenvalue weighted by Gasteiger charge is -2.20. The molecule has 0 bridgehead atoms. The zero-order valence-corrected chi connectivity index (χ0v) is 26.7. The molecule has 12 nitrogen and oxygen atoms in total. The SMILES string of the molecule is C=S(C)(=O)Nc1cncc(-c2cnc(N)c(C(=O)N[C@H](C)c3nc4cccc(C#Cc5ccncc5)c4c(=O)n3-c3ccccc3)n2)c1. The van der Waals surface area contributed by atoms with Crippen LogP contribution in [0.3, 0.4) is 0 Å². The molecular weight excluding hydrogens is 627 g/mol. The van der Waals surface area contributed by atoms with E-state index < -0.39 is 21.7 Å². The number of para-hydroxylation sites is 1. The van der Waals surface area contributed by atoms with Gasteiger partial charge in [0.1, 0.15) is 5.82 Å². The Morgan fingerprint density at radius 1 is 0.979 bits per heavy atom. The quantitative estimate of drug-likeness (QED) is 0.171. The molecule has 0 aliphatic rings. The number of fused-ring (bicyclic) bond motifs is 1. The fraction of sp³-hybridized carbons (Fsp3) is 0.0857. The van der Waals surface area contributed by atoms with E-state index in [1.807, 2.05) is 18.2 Å². The molecule has 1 amide bonds. The normalized spacial score (nSPS) is 12.7. The molecule has 1 unspecified atom stereocenters. The lowest BCUT2D eigenvalue weighted by molar-refractivity contribution is 0.0933. The van der Waals surface area contributed by atoms with Gasteiger partial charge in [-0.2, -0.15) is 0 Å². The van der Waals surface area contributed by atoms with Gasteiger partial charge in [-0.05, 0) is 55.3 Å². The summed E-state index contributed by atoms with van der Waals surface area (Å²) in [5.74, 6) is 9.36. The first kappa shape index (κ1) is 31.6. The maximum atomic E-state index is 14.3. The molecule has 0 fully saturated rings. The lowest BCUT2D eigenvalue weighted by Crippen LogP contribution is -2.34. The average Bonchev–Trinajstić information content (AvgIpc) is 3.07. The third-order valence-corrected chi connectivity index (χ3v) is 7.75. The van der Waals surface area contributed by atoms with Gasteiger partial charge >= 0.3 is 0 Å². The topological polar surface area (TPSA) is 171 Å². The van der Waals surface area contributed by atoms with Crippen molar-refractivity contribution in [1.29, 1.82) is 0 Å². The molecule has 0 aliphatic heterocycles. The van der Waals surface area contributed by atoms with Crippen LogP contribution < -0.4 is 21.3 Å². The number of carbonyl (C=O) groups excluding carboxylic acids is 1. The van der Waals surface area contributed by atoms with Crippen LogP contribution in [0, 0.1) is 11.8 Å². The zero-order valence-electron chi connectivity index (χ0n) is 25.9. The second-order valence-electron chi connectivity index (χ2n) is 10.9. The Balaban J connectivity index is 1.39. The van der Waals surface area contributed by atoms with Crippen LogP contribution in [0.5, 0.6) is 0 Å².